The summed E-state index contributed by atoms with van der Waals surface area (Å²) in [4.78, 5) is 37.9. The first-order valence-electron chi connectivity index (χ1n) is 9.68. The summed E-state index contributed by atoms with van der Waals surface area (Å²) in [5.74, 6) is -1.46. The predicted molar refractivity (Wildman–Crippen MR) is 116 cm³/mol. The Kier molecular flexibility index (Phi) is 5.57. The standard InChI is InChI=1S/C23H18N2O8/c1-31-16-9-8-14(12-18(16)32-2)24-20(17-7-4-10-33-17)19(22(27)23(24)28)21(26)13-5-3-6-15(11-13)25(29)30/h3-12,20,26H,1-2H3/b21-19-. The van der Waals surface area contributed by atoms with Gasteiger partial charge in [0.2, 0.25) is 0 Å². The number of carbonyl (C=O) groups is 2. The fourth-order valence-electron chi connectivity index (χ4n) is 3.71. The largest absolute Gasteiger partial charge is 0.507 e. The molecule has 168 valence electrons. The number of carbonyl (C=O) groups excluding carboxylic acids is 2. The van der Waals surface area contributed by atoms with Gasteiger partial charge >= 0.3 is 0 Å². The minimum absolute atomic E-state index is 0.0195. The summed E-state index contributed by atoms with van der Waals surface area (Å²) in [6.07, 6.45) is 1.37. The van der Waals surface area contributed by atoms with Crippen LogP contribution in [0.1, 0.15) is 17.4 Å². The first-order valence-corrected chi connectivity index (χ1v) is 9.68. The molecule has 1 fully saturated rings. The summed E-state index contributed by atoms with van der Waals surface area (Å²) in [6, 6.07) is 11.8. The van der Waals surface area contributed by atoms with E-state index in [4.69, 9.17) is 13.9 Å². The van der Waals surface area contributed by atoms with Crippen molar-refractivity contribution in [2.45, 2.75) is 6.04 Å². The molecule has 1 aliphatic rings. The van der Waals surface area contributed by atoms with Gasteiger partial charge in [0.1, 0.15) is 17.6 Å². The topological polar surface area (TPSA) is 132 Å². The number of rotatable bonds is 6. The molecule has 2 aromatic carbocycles. The van der Waals surface area contributed by atoms with Gasteiger partial charge in [-0.05, 0) is 24.3 Å². The second kappa shape index (κ2) is 8.50. The van der Waals surface area contributed by atoms with Crippen LogP contribution in [0.3, 0.4) is 0 Å². The highest BCUT2D eigenvalue weighted by atomic mass is 16.6. The maximum Gasteiger partial charge on any atom is 0.300 e. The van der Waals surface area contributed by atoms with Crippen molar-refractivity contribution >= 4 is 28.8 Å². The van der Waals surface area contributed by atoms with E-state index in [0.717, 1.165) is 6.07 Å². The third kappa shape index (κ3) is 3.67. The van der Waals surface area contributed by atoms with E-state index >= 15 is 0 Å². The summed E-state index contributed by atoms with van der Waals surface area (Å²) in [5, 5.41) is 22.2. The van der Waals surface area contributed by atoms with Crippen LogP contribution in [-0.2, 0) is 9.59 Å². The molecule has 0 spiro atoms. The lowest BCUT2D eigenvalue weighted by molar-refractivity contribution is -0.384. The molecule has 1 amide bonds. The molecular formula is C23H18N2O8. The van der Waals surface area contributed by atoms with Crippen LogP contribution in [0.5, 0.6) is 11.5 Å². The minimum atomic E-state index is -1.11. The summed E-state index contributed by atoms with van der Waals surface area (Å²) in [6.45, 7) is 0. The molecule has 1 N–H and O–H groups in total. The molecule has 0 bridgehead atoms. The average Bonchev–Trinajstić information content (AvgIpc) is 3.45. The fraction of sp³-hybridized carbons (Fsp3) is 0.130. The molecule has 1 saturated heterocycles. The van der Waals surface area contributed by atoms with Crippen molar-refractivity contribution in [1.29, 1.82) is 0 Å². The Morgan fingerprint density at radius 3 is 2.45 bits per heavy atom. The van der Waals surface area contributed by atoms with Crippen LogP contribution in [0, 0.1) is 10.1 Å². The number of furan rings is 1. The molecular weight excluding hydrogens is 432 g/mol. The minimum Gasteiger partial charge on any atom is -0.507 e. The number of anilines is 1. The van der Waals surface area contributed by atoms with Gasteiger partial charge in [-0.15, -0.1) is 0 Å². The number of aliphatic hydroxyl groups is 1. The lowest BCUT2D eigenvalue weighted by atomic mass is 9.99. The summed E-state index contributed by atoms with van der Waals surface area (Å²) < 4.78 is 16.0. The van der Waals surface area contributed by atoms with Gasteiger partial charge in [0.15, 0.2) is 11.5 Å². The number of nitro benzene ring substituents is 1. The number of non-ortho nitro benzene ring substituents is 1. The van der Waals surface area contributed by atoms with Crippen LogP contribution in [0.25, 0.3) is 5.76 Å². The molecule has 0 radical (unpaired) electrons. The zero-order valence-corrected chi connectivity index (χ0v) is 17.6. The van der Waals surface area contributed by atoms with Crippen molar-refractivity contribution in [2.75, 3.05) is 19.1 Å². The number of ketones is 1. The van der Waals surface area contributed by atoms with E-state index in [1.165, 1.54) is 49.6 Å². The molecule has 1 atom stereocenters. The number of amides is 1. The van der Waals surface area contributed by atoms with Gasteiger partial charge in [-0.25, -0.2) is 0 Å². The van der Waals surface area contributed by atoms with Crippen LogP contribution >= 0.6 is 0 Å². The van der Waals surface area contributed by atoms with Gasteiger partial charge in [0, 0.05) is 29.4 Å². The SMILES string of the molecule is COc1ccc(N2C(=O)C(=O)/C(=C(\O)c3cccc([N+](=O)[O-])c3)C2c2ccco2)cc1OC. The van der Waals surface area contributed by atoms with E-state index in [0.29, 0.717) is 17.2 Å². The van der Waals surface area contributed by atoms with E-state index in [1.54, 1.807) is 24.3 Å². The third-order valence-corrected chi connectivity index (χ3v) is 5.23. The molecule has 10 nitrogen and oxygen atoms in total. The molecule has 0 saturated carbocycles. The quantitative estimate of drug-likeness (QED) is 0.197. The highest BCUT2D eigenvalue weighted by Crippen LogP contribution is 2.44. The highest BCUT2D eigenvalue weighted by molar-refractivity contribution is 6.51. The van der Waals surface area contributed by atoms with Crippen LogP contribution < -0.4 is 14.4 Å². The Labute approximate surface area is 187 Å². The number of aliphatic hydroxyl groups excluding tert-OH is 1. The van der Waals surface area contributed by atoms with E-state index in [9.17, 15) is 24.8 Å². The molecule has 2 heterocycles. The Balaban J connectivity index is 1.91. The Morgan fingerprint density at radius 1 is 1.06 bits per heavy atom. The average molecular weight is 450 g/mol. The lowest BCUT2D eigenvalue weighted by Gasteiger charge is -2.24. The molecule has 3 aromatic rings. The normalized spacial score (nSPS) is 17.3. The third-order valence-electron chi connectivity index (χ3n) is 5.23. The Bertz CT molecular complexity index is 1280. The highest BCUT2D eigenvalue weighted by Gasteiger charge is 2.48. The van der Waals surface area contributed by atoms with Crippen molar-refractivity contribution in [2.24, 2.45) is 0 Å². The van der Waals surface area contributed by atoms with Crippen molar-refractivity contribution in [3.05, 3.63) is 87.9 Å². The fourth-order valence-corrected chi connectivity index (χ4v) is 3.71. The van der Waals surface area contributed by atoms with Crippen LogP contribution in [0.4, 0.5) is 11.4 Å². The van der Waals surface area contributed by atoms with E-state index in [1.807, 2.05) is 0 Å². The second-order valence-electron chi connectivity index (χ2n) is 7.03. The van der Waals surface area contributed by atoms with Gasteiger partial charge in [0.25, 0.3) is 17.4 Å². The smallest absolute Gasteiger partial charge is 0.300 e. The van der Waals surface area contributed by atoms with Gasteiger partial charge < -0.3 is 19.0 Å². The molecule has 1 unspecified atom stereocenters. The van der Waals surface area contributed by atoms with Crippen LogP contribution in [-0.4, -0.2) is 35.9 Å². The molecule has 33 heavy (non-hydrogen) atoms. The summed E-state index contributed by atoms with van der Waals surface area (Å²) >= 11 is 0. The van der Waals surface area contributed by atoms with Crippen LogP contribution in [0.15, 0.2) is 70.9 Å². The molecule has 0 aliphatic carbocycles. The lowest BCUT2D eigenvalue weighted by Crippen LogP contribution is -2.29. The summed E-state index contributed by atoms with van der Waals surface area (Å²) in [7, 11) is 2.90. The Hall–Kier alpha value is -4.60. The number of methoxy groups -OCH3 is 2. The van der Waals surface area contributed by atoms with E-state index in [2.05, 4.69) is 0 Å². The number of hydrogen-bond acceptors (Lipinski definition) is 8. The number of hydrogen-bond donors (Lipinski definition) is 1. The molecule has 1 aliphatic heterocycles. The van der Waals surface area contributed by atoms with Crippen molar-refractivity contribution in [3.8, 4) is 11.5 Å². The Morgan fingerprint density at radius 2 is 1.82 bits per heavy atom. The first kappa shape index (κ1) is 21.6. The van der Waals surface area contributed by atoms with Crippen molar-refractivity contribution < 1.29 is 33.5 Å². The second-order valence-corrected chi connectivity index (χ2v) is 7.03. The zero-order chi connectivity index (χ0) is 23.7. The van der Waals surface area contributed by atoms with Gasteiger partial charge in [-0.3, -0.25) is 24.6 Å². The number of Topliss-reactive ketones (excluding diaryl/α,β-unsaturated/α-hetero) is 1. The maximum absolute atomic E-state index is 13.1. The van der Waals surface area contributed by atoms with E-state index in [-0.39, 0.29) is 22.6 Å². The number of nitro groups is 1. The van der Waals surface area contributed by atoms with Gasteiger partial charge in [-0.2, -0.15) is 0 Å². The molecule has 1 aromatic heterocycles. The van der Waals surface area contributed by atoms with Gasteiger partial charge in [-0.1, -0.05) is 12.1 Å². The molecule has 4 rings (SSSR count). The predicted octanol–water partition coefficient (Wildman–Crippen LogP) is 3.83. The van der Waals surface area contributed by atoms with E-state index < -0.39 is 28.4 Å². The maximum atomic E-state index is 13.1. The summed E-state index contributed by atoms with van der Waals surface area (Å²) in [5.41, 5.74) is -0.215. The van der Waals surface area contributed by atoms with Gasteiger partial charge in [0.05, 0.1) is 31.0 Å². The van der Waals surface area contributed by atoms with Crippen LogP contribution in [0.2, 0.25) is 0 Å². The molecule has 10 heteroatoms. The monoisotopic (exact) mass is 450 g/mol. The zero-order valence-electron chi connectivity index (χ0n) is 17.6. The first-order chi connectivity index (χ1) is 15.9. The van der Waals surface area contributed by atoms with Crippen molar-refractivity contribution in [1.82, 2.24) is 0 Å². The van der Waals surface area contributed by atoms with Crippen molar-refractivity contribution in [3.63, 3.8) is 0 Å². The number of benzene rings is 2. The number of ether oxygens (including phenoxy) is 2. The number of nitrogens with zero attached hydrogens (tertiary/aromatic N) is 2.